The van der Waals surface area contributed by atoms with E-state index in [-0.39, 0.29) is 17.2 Å². The van der Waals surface area contributed by atoms with Gasteiger partial charge in [-0.1, -0.05) is 52.8 Å². The van der Waals surface area contributed by atoms with Crippen molar-refractivity contribution in [3.63, 3.8) is 0 Å². The van der Waals surface area contributed by atoms with Crippen LogP contribution in [0.2, 0.25) is 0 Å². The van der Waals surface area contributed by atoms with E-state index in [0.717, 1.165) is 11.1 Å². The Balaban J connectivity index is 3.28. The van der Waals surface area contributed by atoms with Gasteiger partial charge in [-0.05, 0) is 22.5 Å². The maximum Gasteiger partial charge on any atom is 0.130 e. The smallest absolute Gasteiger partial charge is 0.130 e. The van der Waals surface area contributed by atoms with Gasteiger partial charge in [0.15, 0.2) is 0 Å². The van der Waals surface area contributed by atoms with Crippen molar-refractivity contribution in [1.82, 2.24) is 0 Å². The van der Waals surface area contributed by atoms with Crippen LogP contribution in [0.4, 0.5) is 4.39 Å². The Morgan fingerprint density at radius 2 is 1.71 bits per heavy atom. The van der Waals surface area contributed by atoms with Crippen molar-refractivity contribution in [1.29, 1.82) is 0 Å². The molecule has 78 valence electrons. The first-order valence-corrected chi connectivity index (χ1v) is 5.13. The molecule has 1 heteroatoms. The van der Waals surface area contributed by atoms with E-state index in [1.165, 1.54) is 0 Å². The molecular formula is C13H19F. The van der Waals surface area contributed by atoms with Gasteiger partial charge in [-0.2, -0.15) is 0 Å². The Bertz CT molecular complexity index is 318. The highest BCUT2D eigenvalue weighted by Crippen LogP contribution is 2.29. The van der Waals surface area contributed by atoms with E-state index in [2.05, 4.69) is 0 Å². The van der Waals surface area contributed by atoms with Crippen LogP contribution in [-0.4, -0.2) is 0 Å². The van der Waals surface area contributed by atoms with E-state index in [4.69, 9.17) is 0 Å². The molecule has 0 unspecified atom stereocenters. The third-order valence-corrected chi connectivity index (χ3v) is 2.46. The van der Waals surface area contributed by atoms with Crippen LogP contribution < -0.4 is 0 Å². The molecule has 0 heterocycles. The zero-order valence-electron chi connectivity index (χ0n) is 9.69. The second-order valence-electron chi connectivity index (χ2n) is 5.11. The van der Waals surface area contributed by atoms with Crippen LogP contribution >= 0.6 is 0 Å². The molecule has 0 aliphatic heterocycles. The third kappa shape index (κ3) is 2.14. The molecule has 1 rings (SSSR count). The lowest BCUT2D eigenvalue weighted by molar-refractivity contribution is 0.511. The summed E-state index contributed by atoms with van der Waals surface area (Å²) in [4.78, 5) is 0. The average molecular weight is 194 g/mol. The van der Waals surface area contributed by atoms with Crippen molar-refractivity contribution in [2.45, 2.75) is 46.0 Å². The summed E-state index contributed by atoms with van der Waals surface area (Å²) in [5.74, 6) is 0.215. The third-order valence-electron chi connectivity index (χ3n) is 2.46. The molecule has 0 N–H and O–H groups in total. The van der Waals surface area contributed by atoms with Crippen LogP contribution in [0.25, 0.3) is 0 Å². The first kappa shape index (κ1) is 11.2. The van der Waals surface area contributed by atoms with Gasteiger partial charge >= 0.3 is 0 Å². The Morgan fingerprint density at radius 3 is 2.14 bits per heavy atom. The Kier molecular flexibility index (Phi) is 2.98. The van der Waals surface area contributed by atoms with Crippen LogP contribution in [0, 0.1) is 5.82 Å². The minimum absolute atomic E-state index is 0.0324. The van der Waals surface area contributed by atoms with Gasteiger partial charge in [-0.25, -0.2) is 4.39 Å². The van der Waals surface area contributed by atoms with Gasteiger partial charge < -0.3 is 0 Å². The molecule has 14 heavy (non-hydrogen) atoms. The van der Waals surface area contributed by atoms with Gasteiger partial charge in [0.2, 0.25) is 0 Å². The highest BCUT2D eigenvalue weighted by molar-refractivity contribution is 5.32. The molecule has 0 radical (unpaired) electrons. The summed E-state index contributed by atoms with van der Waals surface area (Å²) in [5.41, 5.74) is 1.51. The van der Waals surface area contributed by atoms with Crippen LogP contribution in [0.15, 0.2) is 18.2 Å². The Morgan fingerprint density at radius 1 is 1.14 bits per heavy atom. The molecule has 0 saturated heterocycles. The minimum Gasteiger partial charge on any atom is -0.206 e. The van der Waals surface area contributed by atoms with E-state index >= 15 is 0 Å². The molecule has 0 fully saturated rings. The zero-order chi connectivity index (χ0) is 10.9. The Labute approximate surface area is 86.2 Å². The highest BCUT2D eigenvalue weighted by atomic mass is 19.1. The summed E-state index contributed by atoms with van der Waals surface area (Å²) in [6, 6.07) is 5.69. The topological polar surface area (TPSA) is 0 Å². The predicted molar refractivity (Wildman–Crippen MR) is 59.2 cm³/mol. The van der Waals surface area contributed by atoms with Gasteiger partial charge in [-0.3, -0.25) is 0 Å². The summed E-state index contributed by atoms with van der Waals surface area (Å²) < 4.78 is 14.0. The van der Waals surface area contributed by atoms with Crippen LogP contribution in [-0.2, 0) is 5.41 Å². The van der Waals surface area contributed by atoms with Gasteiger partial charge in [0, 0.05) is 0 Å². The van der Waals surface area contributed by atoms with Crippen molar-refractivity contribution >= 4 is 0 Å². The summed E-state index contributed by atoms with van der Waals surface area (Å²) in [6.07, 6.45) is 0. The lowest BCUT2D eigenvalue weighted by Crippen LogP contribution is -2.15. The number of hydrogen-bond acceptors (Lipinski definition) is 0. The minimum atomic E-state index is -0.116. The number of halogens is 1. The van der Waals surface area contributed by atoms with Crippen LogP contribution in [0.3, 0.4) is 0 Å². The number of hydrogen-bond donors (Lipinski definition) is 0. The van der Waals surface area contributed by atoms with E-state index < -0.39 is 0 Å². The summed E-state index contributed by atoms with van der Waals surface area (Å²) in [6.45, 7) is 10.1. The molecule has 0 amide bonds. The van der Waals surface area contributed by atoms with E-state index in [1.54, 1.807) is 0 Å². The van der Waals surface area contributed by atoms with Crippen LogP contribution in [0.5, 0.6) is 0 Å². The summed E-state index contributed by atoms with van der Waals surface area (Å²) in [7, 11) is 0. The molecule has 0 nitrogen and oxygen atoms in total. The highest BCUT2D eigenvalue weighted by Gasteiger charge is 2.20. The molecule has 1 aromatic carbocycles. The van der Waals surface area contributed by atoms with Gasteiger partial charge in [-0.15, -0.1) is 0 Å². The second-order valence-corrected chi connectivity index (χ2v) is 5.11. The molecule has 1 aromatic rings. The van der Waals surface area contributed by atoms with E-state index in [1.807, 2.05) is 52.8 Å². The Hall–Kier alpha value is -0.850. The van der Waals surface area contributed by atoms with E-state index in [0.29, 0.717) is 0 Å². The van der Waals surface area contributed by atoms with Crippen molar-refractivity contribution in [3.05, 3.63) is 35.1 Å². The fourth-order valence-electron chi connectivity index (χ4n) is 1.57. The van der Waals surface area contributed by atoms with Gasteiger partial charge in [0.05, 0.1) is 0 Å². The first-order chi connectivity index (χ1) is 6.34. The molecule has 0 aromatic heterocycles. The van der Waals surface area contributed by atoms with Crippen molar-refractivity contribution in [3.8, 4) is 0 Å². The van der Waals surface area contributed by atoms with Gasteiger partial charge in [0.1, 0.15) is 5.82 Å². The van der Waals surface area contributed by atoms with Crippen molar-refractivity contribution < 1.29 is 4.39 Å². The lowest BCUT2D eigenvalue weighted by Gasteiger charge is -2.22. The van der Waals surface area contributed by atoms with Gasteiger partial charge in [0.25, 0.3) is 0 Å². The maximum absolute atomic E-state index is 14.0. The fourth-order valence-corrected chi connectivity index (χ4v) is 1.57. The molecule has 0 spiro atoms. The largest absolute Gasteiger partial charge is 0.206 e. The molecule has 0 bridgehead atoms. The second kappa shape index (κ2) is 3.72. The quantitative estimate of drug-likeness (QED) is 0.627. The van der Waals surface area contributed by atoms with Crippen LogP contribution in [0.1, 0.15) is 51.7 Å². The van der Waals surface area contributed by atoms with Crippen molar-refractivity contribution in [2.24, 2.45) is 0 Å². The SMILES string of the molecule is CC(C)c1cccc(C(C)(C)C)c1F. The standard InChI is InChI=1S/C13H19F/c1-9(2)10-7-6-8-11(12(10)14)13(3,4)5/h6-9H,1-5H3. The first-order valence-electron chi connectivity index (χ1n) is 5.13. The zero-order valence-corrected chi connectivity index (χ0v) is 9.69. The number of rotatable bonds is 1. The summed E-state index contributed by atoms with van der Waals surface area (Å²) >= 11 is 0. The van der Waals surface area contributed by atoms with Crippen molar-refractivity contribution in [2.75, 3.05) is 0 Å². The molecular weight excluding hydrogens is 175 g/mol. The summed E-state index contributed by atoms with van der Waals surface area (Å²) in [5, 5.41) is 0. The predicted octanol–water partition coefficient (Wildman–Crippen LogP) is 4.25. The monoisotopic (exact) mass is 194 g/mol. The maximum atomic E-state index is 14.0. The number of benzene rings is 1. The molecule has 0 aliphatic carbocycles. The average Bonchev–Trinajstić information content (AvgIpc) is 2.01. The molecule has 0 saturated carbocycles. The normalized spacial score (nSPS) is 12.2. The fraction of sp³-hybridized carbons (Fsp3) is 0.538. The molecule has 0 aliphatic rings. The lowest BCUT2D eigenvalue weighted by atomic mass is 9.84. The molecule has 0 atom stereocenters. The van der Waals surface area contributed by atoms with E-state index in [9.17, 15) is 4.39 Å².